The van der Waals surface area contributed by atoms with Crippen molar-refractivity contribution in [2.24, 2.45) is 0 Å². The van der Waals surface area contributed by atoms with E-state index in [0.717, 1.165) is 29.1 Å². The van der Waals surface area contributed by atoms with Crippen LogP contribution in [0, 0.1) is 11.7 Å². The van der Waals surface area contributed by atoms with Gasteiger partial charge < -0.3 is 4.98 Å². The number of benzene rings is 1. The van der Waals surface area contributed by atoms with Crippen LogP contribution in [0.3, 0.4) is 0 Å². The second-order valence-corrected chi connectivity index (χ2v) is 5.17. The molecule has 0 aliphatic rings. The minimum absolute atomic E-state index is 0.653. The smallest absolute Gasteiger partial charge is 0.184 e. The summed E-state index contributed by atoms with van der Waals surface area (Å²) in [4.78, 5) is 3.22. The Balaban J connectivity index is 2.40. The predicted octanol–water partition coefficient (Wildman–Crippen LogP) is 3.87. The number of fused-ring (bicyclic) bond motifs is 1. The van der Waals surface area contributed by atoms with E-state index in [2.05, 4.69) is 17.0 Å². The Bertz CT molecular complexity index is 812. The largest absolute Gasteiger partial charge is 0.327 e. The van der Waals surface area contributed by atoms with Crippen molar-refractivity contribution in [3.63, 3.8) is 0 Å². The summed E-state index contributed by atoms with van der Waals surface area (Å²) in [5, 5.41) is 5.19. The number of aromatic amines is 1. The summed E-state index contributed by atoms with van der Waals surface area (Å²) in [6, 6.07) is 7.64. The first-order chi connectivity index (χ1) is 9.11. The molecule has 0 aliphatic carbocycles. The number of hydrogen-bond donors (Lipinski definition) is 1. The van der Waals surface area contributed by atoms with Gasteiger partial charge in [-0.3, -0.25) is 4.57 Å². The van der Waals surface area contributed by atoms with Crippen molar-refractivity contribution in [1.29, 1.82) is 0 Å². The zero-order valence-electron chi connectivity index (χ0n) is 10.6. The Morgan fingerprint density at radius 3 is 2.89 bits per heavy atom. The lowest BCUT2D eigenvalue weighted by molar-refractivity contribution is 0.662. The number of nitrogens with zero attached hydrogens (tertiary/aromatic N) is 3. The summed E-state index contributed by atoms with van der Waals surface area (Å²) in [5.74, 6) is 0. The minimum Gasteiger partial charge on any atom is -0.327 e. The Morgan fingerprint density at radius 2 is 2.21 bits per heavy atom. The van der Waals surface area contributed by atoms with Crippen LogP contribution in [0.2, 0.25) is 5.02 Å². The van der Waals surface area contributed by atoms with E-state index in [1.54, 1.807) is 0 Å². The van der Waals surface area contributed by atoms with Gasteiger partial charge in [-0.25, -0.2) is 4.68 Å². The number of imidazole rings is 1. The standard InChI is InChI=1S/C13H13ClN4S/c1-3-17-12-11(8(2)16-17)15-13(19)18(12)10-6-4-5-9(14)7-10/h4-7H,3H2,1-2H3,(H,15,19). The van der Waals surface area contributed by atoms with E-state index in [9.17, 15) is 0 Å². The van der Waals surface area contributed by atoms with Gasteiger partial charge in [0, 0.05) is 11.6 Å². The molecule has 19 heavy (non-hydrogen) atoms. The zero-order chi connectivity index (χ0) is 13.6. The lowest BCUT2D eigenvalue weighted by atomic mass is 10.3. The van der Waals surface area contributed by atoms with E-state index >= 15 is 0 Å². The molecule has 2 aromatic heterocycles. The number of hydrogen-bond acceptors (Lipinski definition) is 2. The second-order valence-electron chi connectivity index (χ2n) is 4.35. The molecule has 0 spiro atoms. The average Bonchev–Trinajstić information content (AvgIpc) is 2.86. The molecule has 98 valence electrons. The Hall–Kier alpha value is -1.59. The minimum atomic E-state index is 0.653. The number of nitrogens with one attached hydrogen (secondary N) is 1. The molecule has 0 unspecified atom stereocenters. The maximum atomic E-state index is 6.06. The van der Waals surface area contributed by atoms with E-state index in [0.29, 0.717) is 9.79 Å². The first-order valence-corrected chi connectivity index (χ1v) is 6.84. The van der Waals surface area contributed by atoms with Crippen LogP contribution in [0.4, 0.5) is 0 Å². The molecule has 3 aromatic rings. The summed E-state index contributed by atoms with van der Waals surface area (Å²) < 4.78 is 4.57. The van der Waals surface area contributed by atoms with E-state index in [4.69, 9.17) is 23.8 Å². The fourth-order valence-corrected chi connectivity index (χ4v) is 2.76. The van der Waals surface area contributed by atoms with Gasteiger partial charge in [-0.05, 0) is 44.3 Å². The number of halogens is 1. The van der Waals surface area contributed by atoms with Crippen LogP contribution in [0.25, 0.3) is 16.9 Å². The van der Waals surface area contributed by atoms with E-state index in [1.165, 1.54) is 0 Å². The van der Waals surface area contributed by atoms with Crippen molar-refractivity contribution in [2.75, 3.05) is 0 Å². The van der Waals surface area contributed by atoms with Crippen LogP contribution < -0.4 is 0 Å². The maximum absolute atomic E-state index is 6.06. The number of aryl methyl sites for hydroxylation is 2. The average molecular weight is 293 g/mol. The van der Waals surface area contributed by atoms with Crippen molar-refractivity contribution in [1.82, 2.24) is 19.3 Å². The summed E-state index contributed by atoms with van der Waals surface area (Å²) in [6.45, 7) is 4.82. The van der Waals surface area contributed by atoms with Crippen molar-refractivity contribution < 1.29 is 0 Å². The lowest BCUT2D eigenvalue weighted by Crippen LogP contribution is -2.03. The third kappa shape index (κ3) is 1.89. The summed E-state index contributed by atoms with van der Waals surface area (Å²) >= 11 is 11.5. The third-order valence-corrected chi connectivity index (χ3v) is 3.63. The van der Waals surface area contributed by atoms with Gasteiger partial charge in [-0.15, -0.1) is 0 Å². The van der Waals surface area contributed by atoms with E-state index in [-0.39, 0.29) is 0 Å². The zero-order valence-corrected chi connectivity index (χ0v) is 12.2. The summed E-state index contributed by atoms with van der Waals surface area (Å²) in [7, 11) is 0. The van der Waals surface area contributed by atoms with Crippen LogP contribution in [0.1, 0.15) is 12.6 Å². The summed E-state index contributed by atoms with van der Waals surface area (Å²) in [5.41, 5.74) is 3.85. The molecule has 0 aliphatic heterocycles. The van der Waals surface area contributed by atoms with E-state index < -0.39 is 0 Å². The lowest BCUT2D eigenvalue weighted by Gasteiger charge is -2.06. The molecule has 0 saturated carbocycles. The molecule has 1 aromatic carbocycles. The molecular formula is C13H13ClN4S. The number of rotatable bonds is 2. The molecule has 0 saturated heterocycles. The number of aromatic nitrogens is 4. The van der Waals surface area contributed by atoms with Crippen molar-refractivity contribution in [3.05, 3.63) is 39.8 Å². The van der Waals surface area contributed by atoms with Crippen LogP contribution in [0.5, 0.6) is 0 Å². The van der Waals surface area contributed by atoms with Gasteiger partial charge in [0.2, 0.25) is 0 Å². The van der Waals surface area contributed by atoms with Gasteiger partial charge >= 0.3 is 0 Å². The topological polar surface area (TPSA) is 38.5 Å². The van der Waals surface area contributed by atoms with Crippen molar-refractivity contribution in [2.45, 2.75) is 20.4 Å². The first-order valence-electron chi connectivity index (χ1n) is 6.06. The molecule has 4 nitrogen and oxygen atoms in total. The molecule has 1 N–H and O–H groups in total. The van der Waals surface area contributed by atoms with Crippen molar-refractivity contribution >= 4 is 35.0 Å². The molecule has 0 radical (unpaired) electrons. The van der Waals surface area contributed by atoms with Crippen LogP contribution in [0.15, 0.2) is 24.3 Å². The quantitative estimate of drug-likeness (QED) is 0.728. The fourth-order valence-electron chi connectivity index (χ4n) is 2.28. The molecule has 3 rings (SSSR count). The Kier molecular flexibility index (Phi) is 2.95. The Labute approximate surface area is 120 Å². The summed E-state index contributed by atoms with van der Waals surface area (Å²) in [6.07, 6.45) is 0. The van der Waals surface area contributed by atoms with Gasteiger partial charge in [0.15, 0.2) is 10.4 Å². The SMILES string of the molecule is CCn1nc(C)c2[nH]c(=S)n(-c3cccc(Cl)c3)c21. The monoisotopic (exact) mass is 292 g/mol. The fraction of sp³-hybridized carbons (Fsp3) is 0.231. The molecular weight excluding hydrogens is 280 g/mol. The second kappa shape index (κ2) is 4.51. The van der Waals surface area contributed by atoms with Gasteiger partial charge in [0.25, 0.3) is 0 Å². The van der Waals surface area contributed by atoms with Gasteiger partial charge in [0.05, 0.1) is 11.4 Å². The van der Waals surface area contributed by atoms with E-state index in [1.807, 2.05) is 40.4 Å². The molecule has 0 fully saturated rings. The van der Waals surface area contributed by atoms with Gasteiger partial charge in [-0.1, -0.05) is 17.7 Å². The highest BCUT2D eigenvalue weighted by atomic mass is 35.5. The normalized spacial score (nSPS) is 11.3. The Morgan fingerprint density at radius 1 is 1.42 bits per heavy atom. The molecule has 0 amide bonds. The van der Waals surface area contributed by atoms with Crippen molar-refractivity contribution in [3.8, 4) is 5.69 Å². The van der Waals surface area contributed by atoms with Crippen LogP contribution in [-0.2, 0) is 6.54 Å². The maximum Gasteiger partial charge on any atom is 0.184 e. The van der Waals surface area contributed by atoms with Gasteiger partial charge in [-0.2, -0.15) is 5.10 Å². The molecule has 6 heteroatoms. The third-order valence-electron chi connectivity index (χ3n) is 3.11. The predicted molar refractivity (Wildman–Crippen MR) is 79.7 cm³/mol. The molecule has 0 atom stereocenters. The number of H-pyrrole nitrogens is 1. The highest BCUT2D eigenvalue weighted by Crippen LogP contribution is 2.23. The highest BCUT2D eigenvalue weighted by Gasteiger charge is 2.15. The van der Waals surface area contributed by atoms with Crippen LogP contribution >= 0.6 is 23.8 Å². The van der Waals surface area contributed by atoms with Gasteiger partial charge in [0.1, 0.15) is 5.52 Å². The molecule has 2 heterocycles. The molecule has 0 bridgehead atoms. The highest BCUT2D eigenvalue weighted by molar-refractivity contribution is 7.71. The van der Waals surface area contributed by atoms with Crippen LogP contribution in [-0.4, -0.2) is 19.3 Å². The first kappa shape index (κ1) is 12.4.